The smallest absolute Gasteiger partial charge is 0.135 e. The average molecular weight is 143 g/mol. The van der Waals surface area contributed by atoms with Crippen LogP contribution in [0.2, 0.25) is 0 Å². The first kappa shape index (κ1) is 7.98. The lowest BCUT2D eigenvalue weighted by Crippen LogP contribution is -2.43. The van der Waals surface area contributed by atoms with Gasteiger partial charge in [0.1, 0.15) is 6.23 Å². The Kier molecular flexibility index (Phi) is 3.72. The highest BCUT2D eigenvalue weighted by atomic mass is 16.5. The minimum Gasteiger partial charge on any atom is -0.359 e. The van der Waals surface area contributed by atoms with Gasteiger partial charge in [-0.25, -0.2) is 5.32 Å². The summed E-state index contributed by atoms with van der Waals surface area (Å²) in [5.41, 5.74) is 0. The molecule has 1 atom stereocenters. The lowest BCUT2D eigenvalue weighted by atomic mass is 10.4. The van der Waals surface area contributed by atoms with Gasteiger partial charge in [-0.15, -0.1) is 0 Å². The molecule has 3 heteroatoms. The maximum Gasteiger partial charge on any atom is 0.135 e. The van der Waals surface area contributed by atoms with Gasteiger partial charge in [-0.05, 0) is 6.42 Å². The first-order chi connectivity index (χ1) is 4.93. The Morgan fingerprint density at radius 2 is 2.60 bits per heavy atom. The third kappa shape index (κ3) is 2.64. The lowest BCUT2D eigenvalue weighted by molar-refractivity contribution is 0.00478. The maximum atomic E-state index is 5.35. The minimum absolute atomic E-state index is 0.119. The van der Waals surface area contributed by atoms with E-state index in [4.69, 9.17) is 4.74 Å². The van der Waals surface area contributed by atoms with Crippen molar-refractivity contribution in [2.75, 3.05) is 26.2 Å². The zero-order chi connectivity index (χ0) is 7.23. The molecule has 1 saturated heterocycles. The van der Waals surface area contributed by atoms with Crippen LogP contribution in [-0.4, -0.2) is 32.5 Å². The van der Waals surface area contributed by atoms with E-state index < -0.39 is 0 Å². The number of nitrogens with one attached hydrogen (secondary N) is 1. The summed E-state index contributed by atoms with van der Waals surface area (Å²) in [5.74, 6) is 0. The number of ether oxygens (including phenoxy) is 1. The third-order valence-corrected chi connectivity index (χ3v) is 1.46. The Morgan fingerprint density at radius 3 is 3.20 bits per heavy atom. The number of hydrogen-bond donors (Lipinski definition) is 1. The second-order valence-electron chi connectivity index (χ2n) is 2.44. The van der Waals surface area contributed by atoms with Crippen LogP contribution in [0.4, 0.5) is 0 Å². The van der Waals surface area contributed by atoms with Crippen molar-refractivity contribution >= 4 is 0 Å². The Hall–Kier alpha value is -0.120. The molecule has 0 amide bonds. The maximum absolute atomic E-state index is 5.35. The number of nitrogens with zero attached hydrogens (tertiary/aromatic N) is 1. The number of morpholine rings is 1. The molecule has 1 aliphatic rings. The zero-order valence-corrected chi connectivity index (χ0v) is 6.47. The molecule has 0 aromatic rings. The Morgan fingerprint density at radius 1 is 1.70 bits per heavy atom. The summed E-state index contributed by atoms with van der Waals surface area (Å²) in [7, 11) is 0. The fourth-order valence-corrected chi connectivity index (χ4v) is 0.942. The standard InChI is InChI=1S/C7H15N2O/c1-2-3-9-7-6-8-4-5-10-7/h7-8H,2-6H2,1H3. The van der Waals surface area contributed by atoms with Crippen LogP contribution in [0.5, 0.6) is 0 Å². The molecule has 0 aliphatic carbocycles. The van der Waals surface area contributed by atoms with Crippen molar-refractivity contribution in [2.24, 2.45) is 0 Å². The zero-order valence-electron chi connectivity index (χ0n) is 6.47. The molecule has 1 radical (unpaired) electrons. The Labute approximate surface area is 62.1 Å². The van der Waals surface area contributed by atoms with Gasteiger partial charge in [-0.1, -0.05) is 6.92 Å². The van der Waals surface area contributed by atoms with Gasteiger partial charge in [-0.2, -0.15) is 0 Å². The van der Waals surface area contributed by atoms with Crippen molar-refractivity contribution in [1.82, 2.24) is 10.6 Å². The monoisotopic (exact) mass is 143 g/mol. The topological polar surface area (TPSA) is 35.4 Å². The molecule has 0 aromatic heterocycles. The van der Waals surface area contributed by atoms with Crippen molar-refractivity contribution in [3.05, 3.63) is 0 Å². The van der Waals surface area contributed by atoms with Gasteiger partial charge >= 0.3 is 0 Å². The molecular formula is C7H15N2O. The average Bonchev–Trinajstić information content (AvgIpc) is 2.03. The molecule has 1 unspecified atom stereocenters. The first-order valence-electron chi connectivity index (χ1n) is 3.92. The fourth-order valence-electron chi connectivity index (χ4n) is 0.942. The normalized spacial score (nSPS) is 26.7. The summed E-state index contributed by atoms with van der Waals surface area (Å²) >= 11 is 0. The van der Waals surface area contributed by atoms with E-state index in [1.807, 2.05) is 0 Å². The summed E-state index contributed by atoms with van der Waals surface area (Å²) in [4.78, 5) is 0. The quantitative estimate of drug-likeness (QED) is 0.601. The largest absolute Gasteiger partial charge is 0.359 e. The molecular weight excluding hydrogens is 128 g/mol. The van der Waals surface area contributed by atoms with Gasteiger partial charge in [0.25, 0.3) is 0 Å². The van der Waals surface area contributed by atoms with Crippen LogP contribution >= 0.6 is 0 Å². The van der Waals surface area contributed by atoms with Crippen molar-refractivity contribution in [3.8, 4) is 0 Å². The minimum atomic E-state index is 0.119. The van der Waals surface area contributed by atoms with E-state index >= 15 is 0 Å². The van der Waals surface area contributed by atoms with Crippen LogP contribution in [0.15, 0.2) is 0 Å². The van der Waals surface area contributed by atoms with Gasteiger partial charge in [-0.3, -0.25) is 0 Å². The summed E-state index contributed by atoms with van der Waals surface area (Å²) in [6.07, 6.45) is 1.23. The van der Waals surface area contributed by atoms with Crippen LogP contribution in [-0.2, 0) is 4.74 Å². The third-order valence-electron chi connectivity index (χ3n) is 1.46. The fraction of sp³-hybridized carbons (Fsp3) is 1.00. The highest BCUT2D eigenvalue weighted by molar-refractivity contribution is 4.63. The van der Waals surface area contributed by atoms with Gasteiger partial charge in [0.05, 0.1) is 6.61 Å². The van der Waals surface area contributed by atoms with Gasteiger partial charge < -0.3 is 10.1 Å². The van der Waals surface area contributed by atoms with E-state index in [2.05, 4.69) is 17.6 Å². The number of rotatable bonds is 3. The summed E-state index contributed by atoms with van der Waals surface area (Å²) in [6.45, 7) is 5.71. The van der Waals surface area contributed by atoms with Crippen molar-refractivity contribution in [3.63, 3.8) is 0 Å². The van der Waals surface area contributed by atoms with Gasteiger partial charge in [0, 0.05) is 19.6 Å². The SMILES string of the molecule is CCC[N]C1CNCCO1. The molecule has 3 nitrogen and oxygen atoms in total. The van der Waals surface area contributed by atoms with E-state index in [0.29, 0.717) is 0 Å². The molecule has 1 fully saturated rings. The van der Waals surface area contributed by atoms with E-state index in [1.54, 1.807) is 0 Å². The van der Waals surface area contributed by atoms with E-state index in [-0.39, 0.29) is 6.23 Å². The summed E-state index contributed by atoms with van der Waals surface area (Å²) < 4.78 is 5.35. The van der Waals surface area contributed by atoms with Crippen LogP contribution < -0.4 is 10.6 Å². The van der Waals surface area contributed by atoms with Crippen LogP contribution in [0.1, 0.15) is 13.3 Å². The molecule has 59 valence electrons. The lowest BCUT2D eigenvalue weighted by Gasteiger charge is -2.22. The molecule has 10 heavy (non-hydrogen) atoms. The molecule has 1 rings (SSSR count). The highest BCUT2D eigenvalue weighted by Gasteiger charge is 2.11. The Bertz CT molecular complexity index is 81.7. The van der Waals surface area contributed by atoms with Crippen molar-refractivity contribution < 1.29 is 4.74 Å². The molecule has 1 heterocycles. The van der Waals surface area contributed by atoms with Crippen LogP contribution in [0, 0.1) is 0 Å². The highest BCUT2D eigenvalue weighted by Crippen LogP contribution is 1.92. The summed E-state index contributed by atoms with van der Waals surface area (Å²) in [6, 6.07) is 0. The number of hydrogen-bond acceptors (Lipinski definition) is 2. The second kappa shape index (κ2) is 4.66. The molecule has 0 spiro atoms. The van der Waals surface area contributed by atoms with Gasteiger partial charge in [0.2, 0.25) is 0 Å². The molecule has 0 saturated carbocycles. The first-order valence-corrected chi connectivity index (χ1v) is 3.92. The van der Waals surface area contributed by atoms with E-state index in [9.17, 15) is 0 Å². The molecule has 1 N–H and O–H groups in total. The summed E-state index contributed by atoms with van der Waals surface area (Å²) in [5, 5.41) is 7.54. The molecule has 0 aromatic carbocycles. The predicted molar refractivity (Wildman–Crippen MR) is 39.9 cm³/mol. The molecule has 1 aliphatic heterocycles. The van der Waals surface area contributed by atoms with E-state index in [1.165, 1.54) is 0 Å². The van der Waals surface area contributed by atoms with Gasteiger partial charge in [0.15, 0.2) is 0 Å². The van der Waals surface area contributed by atoms with Crippen molar-refractivity contribution in [2.45, 2.75) is 19.6 Å². The van der Waals surface area contributed by atoms with Crippen molar-refractivity contribution in [1.29, 1.82) is 0 Å². The Balaban J connectivity index is 2.02. The molecule has 0 bridgehead atoms. The van der Waals surface area contributed by atoms with E-state index in [0.717, 1.165) is 32.7 Å². The predicted octanol–water partition coefficient (Wildman–Crippen LogP) is -0.0533. The second-order valence-corrected chi connectivity index (χ2v) is 2.44. The van der Waals surface area contributed by atoms with Crippen LogP contribution in [0.3, 0.4) is 0 Å². The van der Waals surface area contributed by atoms with Crippen LogP contribution in [0.25, 0.3) is 0 Å².